The molecule has 2 aromatic carbocycles. The van der Waals surface area contributed by atoms with Crippen molar-refractivity contribution in [2.45, 2.75) is 24.3 Å². The summed E-state index contributed by atoms with van der Waals surface area (Å²) in [4.78, 5) is 23.5. The Hall–Kier alpha value is -3.20. The fourth-order valence-electron chi connectivity index (χ4n) is 2.74. The Morgan fingerprint density at radius 2 is 1.72 bits per heavy atom. The first kappa shape index (κ1) is 20.5. The number of primary amides is 1. The third-order valence-electron chi connectivity index (χ3n) is 4.09. The Kier molecular flexibility index (Phi) is 6.28. The molecule has 3 aromatic rings. The molecular weight excluding hydrogens is 393 g/mol. The van der Waals surface area contributed by atoms with Crippen LogP contribution < -0.4 is 11.1 Å². The van der Waals surface area contributed by atoms with Crippen LogP contribution in [0.4, 0.5) is 9.18 Å². The highest BCUT2D eigenvalue weighted by molar-refractivity contribution is 8.00. The van der Waals surface area contributed by atoms with Gasteiger partial charge in [-0.25, -0.2) is 9.18 Å². The smallest absolute Gasteiger partial charge is 0.318 e. The Bertz CT molecular complexity index is 1010. The molecule has 0 aliphatic rings. The van der Waals surface area contributed by atoms with E-state index in [-0.39, 0.29) is 11.7 Å². The molecule has 9 heteroatoms. The van der Waals surface area contributed by atoms with E-state index >= 15 is 0 Å². The first-order valence-corrected chi connectivity index (χ1v) is 9.78. The van der Waals surface area contributed by atoms with Crippen molar-refractivity contribution in [2.75, 3.05) is 0 Å². The van der Waals surface area contributed by atoms with Crippen molar-refractivity contribution in [2.24, 2.45) is 11.7 Å². The fourth-order valence-corrected chi connectivity index (χ4v) is 3.79. The van der Waals surface area contributed by atoms with Crippen molar-refractivity contribution in [3.8, 4) is 17.1 Å². The molecular formula is C20H20FN5O2S. The van der Waals surface area contributed by atoms with E-state index in [1.54, 1.807) is 16.7 Å². The number of thioether (sulfide) groups is 1. The van der Waals surface area contributed by atoms with E-state index in [4.69, 9.17) is 5.73 Å². The van der Waals surface area contributed by atoms with Gasteiger partial charge in [-0.05, 0) is 42.3 Å². The lowest BCUT2D eigenvalue weighted by Crippen LogP contribution is -2.42. The second-order valence-corrected chi connectivity index (χ2v) is 7.73. The van der Waals surface area contributed by atoms with Gasteiger partial charge in [-0.15, -0.1) is 10.2 Å². The quantitative estimate of drug-likeness (QED) is 0.603. The molecule has 0 spiro atoms. The topological polar surface area (TPSA) is 103 Å². The summed E-state index contributed by atoms with van der Waals surface area (Å²) < 4.78 is 15.2. The summed E-state index contributed by atoms with van der Waals surface area (Å²) in [6.45, 7) is 3.73. The maximum atomic E-state index is 13.4. The molecule has 0 saturated carbocycles. The van der Waals surface area contributed by atoms with Crippen LogP contribution in [0, 0.1) is 11.7 Å². The van der Waals surface area contributed by atoms with Gasteiger partial charge in [0.1, 0.15) is 5.82 Å². The van der Waals surface area contributed by atoms with E-state index in [9.17, 15) is 14.0 Å². The van der Waals surface area contributed by atoms with Crippen LogP contribution in [0.1, 0.15) is 13.8 Å². The molecule has 0 aliphatic heterocycles. The molecule has 7 nitrogen and oxygen atoms in total. The predicted molar refractivity (Wildman–Crippen MR) is 109 cm³/mol. The zero-order valence-corrected chi connectivity index (χ0v) is 16.7. The minimum atomic E-state index is -0.905. The number of hydrogen-bond acceptors (Lipinski definition) is 5. The molecule has 3 rings (SSSR count). The molecule has 0 aliphatic carbocycles. The SMILES string of the molecule is CC(C)C(Sc1nnc(-c2ccc(F)cc2)n1-c1ccccc1)C(=O)NC(N)=O. The van der Waals surface area contributed by atoms with Crippen molar-refractivity contribution in [1.29, 1.82) is 0 Å². The van der Waals surface area contributed by atoms with E-state index in [0.29, 0.717) is 16.5 Å². The summed E-state index contributed by atoms with van der Waals surface area (Å²) >= 11 is 1.18. The minimum Gasteiger partial charge on any atom is -0.351 e. The maximum Gasteiger partial charge on any atom is 0.318 e. The van der Waals surface area contributed by atoms with Crippen LogP contribution >= 0.6 is 11.8 Å². The van der Waals surface area contributed by atoms with Crippen LogP contribution in [0.25, 0.3) is 17.1 Å². The van der Waals surface area contributed by atoms with E-state index in [1.165, 1.54) is 23.9 Å². The molecule has 3 amide bonds. The molecule has 1 heterocycles. The Balaban J connectivity index is 2.05. The molecule has 150 valence electrons. The highest BCUT2D eigenvalue weighted by Crippen LogP contribution is 2.32. The number of halogens is 1. The lowest BCUT2D eigenvalue weighted by atomic mass is 10.1. The summed E-state index contributed by atoms with van der Waals surface area (Å²) in [6, 6.07) is 14.4. The second-order valence-electron chi connectivity index (χ2n) is 6.62. The number of nitrogens with one attached hydrogen (secondary N) is 1. The number of urea groups is 1. The molecule has 3 N–H and O–H groups in total. The van der Waals surface area contributed by atoms with Gasteiger partial charge in [-0.3, -0.25) is 14.7 Å². The molecule has 0 radical (unpaired) electrons. The van der Waals surface area contributed by atoms with E-state index < -0.39 is 17.2 Å². The van der Waals surface area contributed by atoms with E-state index in [0.717, 1.165) is 5.69 Å². The number of amides is 3. The van der Waals surface area contributed by atoms with Crippen LogP contribution in [0.15, 0.2) is 59.8 Å². The normalized spacial score (nSPS) is 12.0. The van der Waals surface area contributed by atoms with Gasteiger partial charge >= 0.3 is 6.03 Å². The first-order chi connectivity index (χ1) is 13.9. The standard InChI is InChI=1S/C20H20FN5O2S/c1-12(2)16(18(27)23-19(22)28)29-20-25-24-17(13-8-10-14(21)11-9-13)26(20)15-6-4-3-5-7-15/h3-12,16H,1-2H3,(H3,22,23,27,28). The minimum absolute atomic E-state index is 0.102. The van der Waals surface area contributed by atoms with Gasteiger partial charge in [0.25, 0.3) is 0 Å². The lowest BCUT2D eigenvalue weighted by Gasteiger charge is -2.19. The van der Waals surface area contributed by atoms with Crippen LogP contribution in [0.5, 0.6) is 0 Å². The first-order valence-electron chi connectivity index (χ1n) is 8.90. The second kappa shape index (κ2) is 8.87. The molecule has 0 bridgehead atoms. The van der Waals surface area contributed by atoms with Crippen molar-refractivity contribution in [1.82, 2.24) is 20.1 Å². The number of rotatable bonds is 6. The van der Waals surface area contributed by atoms with Gasteiger partial charge in [0.2, 0.25) is 5.91 Å². The number of hydrogen-bond donors (Lipinski definition) is 2. The summed E-state index contributed by atoms with van der Waals surface area (Å²) in [5, 5.41) is 10.5. The number of imide groups is 1. The maximum absolute atomic E-state index is 13.4. The zero-order valence-electron chi connectivity index (χ0n) is 15.9. The predicted octanol–water partition coefficient (Wildman–Crippen LogP) is 3.39. The number of para-hydroxylation sites is 1. The van der Waals surface area contributed by atoms with Crippen LogP contribution in [-0.4, -0.2) is 32.0 Å². The molecule has 1 aromatic heterocycles. The van der Waals surface area contributed by atoms with Gasteiger partial charge in [0, 0.05) is 11.3 Å². The van der Waals surface area contributed by atoms with E-state index in [2.05, 4.69) is 15.5 Å². The van der Waals surface area contributed by atoms with Crippen molar-refractivity contribution in [3.63, 3.8) is 0 Å². The van der Waals surface area contributed by atoms with Gasteiger partial charge < -0.3 is 5.73 Å². The number of nitrogens with zero attached hydrogens (tertiary/aromatic N) is 3. The van der Waals surface area contributed by atoms with Gasteiger partial charge in [0.15, 0.2) is 11.0 Å². The fraction of sp³-hybridized carbons (Fsp3) is 0.200. The lowest BCUT2D eigenvalue weighted by molar-refractivity contribution is -0.120. The highest BCUT2D eigenvalue weighted by atomic mass is 32.2. The van der Waals surface area contributed by atoms with Crippen molar-refractivity contribution < 1.29 is 14.0 Å². The highest BCUT2D eigenvalue weighted by Gasteiger charge is 2.28. The van der Waals surface area contributed by atoms with Gasteiger partial charge in [-0.1, -0.05) is 43.8 Å². The number of aromatic nitrogens is 3. The summed E-state index contributed by atoms with van der Waals surface area (Å²) in [5.74, 6) is -0.438. The molecule has 1 unspecified atom stereocenters. The summed E-state index contributed by atoms with van der Waals surface area (Å²) in [5.41, 5.74) is 6.56. The van der Waals surface area contributed by atoms with Gasteiger partial charge in [0.05, 0.1) is 5.25 Å². The molecule has 29 heavy (non-hydrogen) atoms. The Morgan fingerprint density at radius 3 is 2.31 bits per heavy atom. The number of benzene rings is 2. The third-order valence-corrected chi connectivity index (χ3v) is 5.58. The number of carbonyl (C=O) groups is 2. The van der Waals surface area contributed by atoms with Crippen molar-refractivity contribution >= 4 is 23.7 Å². The van der Waals surface area contributed by atoms with Crippen LogP contribution in [-0.2, 0) is 4.79 Å². The Morgan fingerprint density at radius 1 is 1.07 bits per heavy atom. The monoisotopic (exact) mass is 413 g/mol. The Labute approximate surface area is 171 Å². The summed E-state index contributed by atoms with van der Waals surface area (Å²) in [7, 11) is 0. The van der Waals surface area contributed by atoms with Crippen LogP contribution in [0.3, 0.4) is 0 Å². The largest absolute Gasteiger partial charge is 0.351 e. The third kappa shape index (κ3) is 4.80. The van der Waals surface area contributed by atoms with Gasteiger partial charge in [-0.2, -0.15) is 0 Å². The summed E-state index contributed by atoms with van der Waals surface area (Å²) in [6.07, 6.45) is 0. The van der Waals surface area contributed by atoms with E-state index in [1.807, 2.05) is 44.2 Å². The average Bonchev–Trinajstić information content (AvgIpc) is 3.10. The molecule has 1 atom stereocenters. The zero-order chi connectivity index (χ0) is 21.0. The van der Waals surface area contributed by atoms with Crippen molar-refractivity contribution in [3.05, 3.63) is 60.4 Å². The number of nitrogens with two attached hydrogens (primary N) is 1. The molecule has 0 saturated heterocycles. The van der Waals surface area contributed by atoms with Crippen LogP contribution in [0.2, 0.25) is 0 Å². The molecule has 0 fully saturated rings. The number of carbonyl (C=O) groups excluding carboxylic acids is 2. The average molecular weight is 413 g/mol.